The Hall–Kier alpha value is -1.33. The molecule has 0 aliphatic carbocycles. The molecule has 1 N–H and O–H groups in total. The molecule has 1 fully saturated rings. The average molecular weight is 385 g/mol. The van der Waals surface area contributed by atoms with E-state index in [9.17, 15) is 0 Å². The lowest BCUT2D eigenvalue weighted by atomic mass is 10.1. The number of ether oxygens (including phenoxy) is 1. The Bertz CT molecular complexity index is 652. The van der Waals surface area contributed by atoms with E-state index in [1.54, 1.807) is 7.11 Å². The molecule has 1 saturated heterocycles. The van der Waals surface area contributed by atoms with E-state index in [1.165, 1.54) is 24.0 Å². The first-order chi connectivity index (χ1) is 13.3. The maximum absolute atomic E-state index is 5.41. The molecule has 0 amide bonds. The molecule has 4 heteroatoms. The molecule has 0 unspecified atom stereocenters. The topological polar surface area (TPSA) is 24.5 Å². The first-order valence-corrected chi connectivity index (χ1v) is 11.0. The molecule has 0 aromatic heterocycles. The zero-order chi connectivity index (χ0) is 18.9. The van der Waals surface area contributed by atoms with E-state index >= 15 is 0 Å². The molecular weight excluding hydrogens is 352 g/mol. The van der Waals surface area contributed by atoms with Gasteiger partial charge in [-0.3, -0.25) is 5.43 Å². The predicted octanol–water partition coefficient (Wildman–Crippen LogP) is 4.54. The van der Waals surface area contributed by atoms with Gasteiger partial charge in [0.2, 0.25) is 0 Å². The number of hydrazine groups is 1. The van der Waals surface area contributed by atoms with Crippen molar-refractivity contribution >= 4 is 11.8 Å². The van der Waals surface area contributed by atoms with Crippen molar-refractivity contribution < 1.29 is 4.74 Å². The first-order valence-electron chi connectivity index (χ1n) is 9.97. The van der Waals surface area contributed by atoms with E-state index in [4.69, 9.17) is 4.74 Å². The molecule has 0 radical (unpaired) electrons. The smallest absolute Gasteiger partial charge is 0.0632 e. The highest BCUT2D eigenvalue weighted by atomic mass is 32.2. The molecule has 2 aromatic carbocycles. The Labute approximate surface area is 168 Å². The SMILES string of the molecule is COC[C@@H]1CCCN1N[C@H](C)[C@H](Cc1ccccc1)SCc1ccccc1. The second kappa shape index (κ2) is 10.9. The minimum atomic E-state index is 0.399. The molecule has 1 aliphatic rings. The van der Waals surface area contributed by atoms with Crippen molar-refractivity contribution in [2.24, 2.45) is 0 Å². The third kappa shape index (κ3) is 6.35. The van der Waals surface area contributed by atoms with Crippen LogP contribution < -0.4 is 5.43 Å². The number of nitrogens with zero attached hydrogens (tertiary/aromatic N) is 1. The summed E-state index contributed by atoms with van der Waals surface area (Å²) in [5.74, 6) is 1.05. The van der Waals surface area contributed by atoms with Crippen LogP contribution in [-0.4, -0.2) is 42.6 Å². The first kappa shape index (κ1) is 20.4. The fourth-order valence-corrected chi connectivity index (χ4v) is 4.98. The number of nitrogens with one attached hydrogen (secondary N) is 1. The zero-order valence-corrected chi connectivity index (χ0v) is 17.3. The van der Waals surface area contributed by atoms with Gasteiger partial charge in [-0.25, -0.2) is 5.01 Å². The quantitative estimate of drug-likeness (QED) is 0.650. The molecule has 1 aliphatic heterocycles. The molecule has 146 valence electrons. The molecule has 3 rings (SSSR count). The number of hydrogen-bond donors (Lipinski definition) is 1. The van der Waals surface area contributed by atoms with Gasteiger partial charge in [0.25, 0.3) is 0 Å². The van der Waals surface area contributed by atoms with Gasteiger partial charge in [0.05, 0.1) is 6.61 Å². The lowest BCUT2D eigenvalue weighted by Gasteiger charge is -2.32. The third-order valence-electron chi connectivity index (χ3n) is 5.25. The summed E-state index contributed by atoms with van der Waals surface area (Å²) in [5.41, 5.74) is 6.61. The van der Waals surface area contributed by atoms with Crippen LogP contribution in [0.3, 0.4) is 0 Å². The van der Waals surface area contributed by atoms with Crippen LogP contribution in [0.5, 0.6) is 0 Å². The van der Waals surface area contributed by atoms with Crippen LogP contribution in [0.4, 0.5) is 0 Å². The Kier molecular flexibility index (Phi) is 8.21. The van der Waals surface area contributed by atoms with Crippen LogP contribution >= 0.6 is 11.8 Å². The van der Waals surface area contributed by atoms with E-state index in [0.717, 1.165) is 25.3 Å². The Morgan fingerprint density at radius 2 is 1.74 bits per heavy atom. The molecule has 2 aromatic rings. The van der Waals surface area contributed by atoms with Gasteiger partial charge in [0.1, 0.15) is 0 Å². The van der Waals surface area contributed by atoms with E-state index in [-0.39, 0.29) is 0 Å². The van der Waals surface area contributed by atoms with E-state index in [0.29, 0.717) is 17.3 Å². The van der Waals surface area contributed by atoms with Crippen LogP contribution in [0.2, 0.25) is 0 Å². The van der Waals surface area contributed by atoms with Crippen molar-refractivity contribution in [1.29, 1.82) is 0 Å². The summed E-state index contributed by atoms with van der Waals surface area (Å²) in [6.45, 7) is 4.24. The van der Waals surface area contributed by atoms with Crippen LogP contribution in [0, 0.1) is 0 Å². The average Bonchev–Trinajstić information content (AvgIpc) is 3.13. The molecular formula is C23H32N2OS. The van der Waals surface area contributed by atoms with Crippen LogP contribution in [0.15, 0.2) is 60.7 Å². The Morgan fingerprint density at radius 1 is 1.07 bits per heavy atom. The van der Waals surface area contributed by atoms with Crippen LogP contribution in [-0.2, 0) is 16.9 Å². The van der Waals surface area contributed by atoms with Gasteiger partial charge < -0.3 is 4.74 Å². The fourth-order valence-electron chi connectivity index (χ4n) is 3.72. The lowest BCUT2D eigenvalue weighted by Crippen LogP contribution is -2.51. The summed E-state index contributed by atoms with van der Waals surface area (Å²) < 4.78 is 5.41. The molecule has 27 heavy (non-hydrogen) atoms. The maximum Gasteiger partial charge on any atom is 0.0632 e. The number of hydrogen-bond acceptors (Lipinski definition) is 4. The van der Waals surface area contributed by atoms with E-state index in [2.05, 4.69) is 89.8 Å². The van der Waals surface area contributed by atoms with Gasteiger partial charge in [-0.2, -0.15) is 11.8 Å². The summed E-state index contributed by atoms with van der Waals surface area (Å²) in [6.07, 6.45) is 3.54. The predicted molar refractivity (Wildman–Crippen MR) is 116 cm³/mol. The minimum absolute atomic E-state index is 0.399. The molecule has 3 nitrogen and oxygen atoms in total. The summed E-state index contributed by atoms with van der Waals surface area (Å²) in [4.78, 5) is 0. The van der Waals surface area contributed by atoms with Gasteiger partial charge in [-0.05, 0) is 37.3 Å². The van der Waals surface area contributed by atoms with Crippen LogP contribution in [0.1, 0.15) is 30.9 Å². The monoisotopic (exact) mass is 384 g/mol. The van der Waals surface area contributed by atoms with Gasteiger partial charge >= 0.3 is 0 Å². The molecule has 0 saturated carbocycles. The lowest BCUT2D eigenvalue weighted by molar-refractivity contribution is 0.0728. The van der Waals surface area contributed by atoms with Crippen molar-refractivity contribution in [3.05, 3.63) is 71.8 Å². The number of thioether (sulfide) groups is 1. The van der Waals surface area contributed by atoms with Gasteiger partial charge in [0.15, 0.2) is 0 Å². The zero-order valence-electron chi connectivity index (χ0n) is 16.5. The van der Waals surface area contributed by atoms with Crippen molar-refractivity contribution in [1.82, 2.24) is 10.4 Å². The Balaban J connectivity index is 1.64. The standard InChI is InChI=1S/C23H32N2OS/c1-19(24-25-15-9-14-22(25)17-26-2)23(16-20-10-5-3-6-11-20)27-18-21-12-7-4-8-13-21/h3-8,10-13,19,22-24H,9,14-18H2,1-2H3/t19-,22+,23+/m1/s1. The number of rotatable bonds is 10. The summed E-state index contributed by atoms with van der Waals surface area (Å²) in [7, 11) is 1.80. The second-order valence-corrected chi connectivity index (χ2v) is 8.61. The largest absolute Gasteiger partial charge is 0.383 e. The van der Waals surface area contributed by atoms with Crippen molar-refractivity contribution in [3.8, 4) is 0 Å². The molecule has 0 spiro atoms. The van der Waals surface area contributed by atoms with Gasteiger partial charge in [-0.1, -0.05) is 60.7 Å². The summed E-state index contributed by atoms with van der Waals surface area (Å²) in [5, 5.41) is 2.92. The normalized spacial score (nSPS) is 19.9. The highest BCUT2D eigenvalue weighted by molar-refractivity contribution is 7.99. The number of methoxy groups -OCH3 is 1. The molecule has 0 bridgehead atoms. The van der Waals surface area contributed by atoms with E-state index in [1.807, 2.05) is 0 Å². The van der Waals surface area contributed by atoms with Gasteiger partial charge in [0, 0.05) is 36.7 Å². The van der Waals surface area contributed by atoms with Crippen molar-refractivity contribution in [2.45, 2.75) is 49.3 Å². The molecule has 1 heterocycles. The van der Waals surface area contributed by atoms with E-state index < -0.39 is 0 Å². The number of benzene rings is 2. The van der Waals surface area contributed by atoms with Crippen molar-refractivity contribution in [3.63, 3.8) is 0 Å². The maximum atomic E-state index is 5.41. The third-order valence-corrected chi connectivity index (χ3v) is 6.75. The Morgan fingerprint density at radius 3 is 2.41 bits per heavy atom. The fraction of sp³-hybridized carbons (Fsp3) is 0.478. The summed E-state index contributed by atoms with van der Waals surface area (Å²) >= 11 is 2.06. The van der Waals surface area contributed by atoms with Crippen LogP contribution in [0.25, 0.3) is 0 Å². The minimum Gasteiger partial charge on any atom is -0.383 e. The summed E-state index contributed by atoms with van der Waals surface area (Å²) in [6, 6.07) is 22.5. The highest BCUT2D eigenvalue weighted by Crippen LogP contribution is 2.25. The highest BCUT2D eigenvalue weighted by Gasteiger charge is 2.28. The molecule has 3 atom stereocenters. The van der Waals surface area contributed by atoms with Gasteiger partial charge in [-0.15, -0.1) is 0 Å². The van der Waals surface area contributed by atoms with Crippen molar-refractivity contribution in [2.75, 3.05) is 20.3 Å². The second-order valence-electron chi connectivity index (χ2n) is 7.39.